The Morgan fingerprint density at radius 2 is 2.06 bits per heavy atom. The van der Waals surface area contributed by atoms with Gasteiger partial charge in [-0.3, -0.25) is 0 Å². The number of primary sulfonamides is 1. The minimum atomic E-state index is -3.38. The minimum absolute atomic E-state index is 0.0209. The van der Waals surface area contributed by atoms with Gasteiger partial charge in [-0.25, -0.2) is 13.6 Å². The van der Waals surface area contributed by atoms with Crippen LogP contribution >= 0.6 is 15.9 Å². The van der Waals surface area contributed by atoms with Gasteiger partial charge in [-0.2, -0.15) is 0 Å². The second kappa shape index (κ2) is 5.95. The smallest absolute Gasteiger partial charge is 0.210 e. The zero-order valence-electron chi connectivity index (χ0n) is 9.98. The molecule has 1 aromatic carbocycles. The van der Waals surface area contributed by atoms with Crippen LogP contribution in [0.3, 0.4) is 0 Å². The summed E-state index contributed by atoms with van der Waals surface area (Å²) < 4.78 is 22.8. The second-order valence-electron chi connectivity index (χ2n) is 4.15. The highest BCUT2D eigenvalue weighted by molar-refractivity contribution is 9.10. The van der Waals surface area contributed by atoms with Crippen LogP contribution in [0.1, 0.15) is 11.1 Å². The van der Waals surface area contributed by atoms with Crippen molar-refractivity contribution in [3.05, 3.63) is 33.8 Å². The van der Waals surface area contributed by atoms with Crippen molar-refractivity contribution in [3.63, 3.8) is 0 Å². The summed E-state index contributed by atoms with van der Waals surface area (Å²) in [6.45, 7) is 3.15. The van der Waals surface area contributed by atoms with Gasteiger partial charge in [0, 0.05) is 17.6 Å². The van der Waals surface area contributed by atoms with Crippen LogP contribution < -0.4 is 5.14 Å². The molecule has 2 N–H and O–H groups in total. The third-order valence-electron chi connectivity index (χ3n) is 2.47. The predicted molar refractivity (Wildman–Crippen MR) is 73.2 cm³/mol. The molecule has 1 aromatic rings. The lowest BCUT2D eigenvalue weighted by Crippen LogP contribution is -2.28. The fraction of sp³-hybridized carbons (Fsp3) is 0.455. The van der Waals surface area contributed by atoms with Crippen molar-refractivity contribution in [1.29, 1.82) is 0 Å². The Labute approximate surface area is 111 Å². The van der Waals surface area contributed by atoms with Crippen LogP contribution in [0.25, 0.3) is 0 Å². The maximum absolute atomic E-state index is 10.9. The van der Waals surface area contributed by atoms with Gasteiger partial charge >= 0.3 is 0 Å². The monoisotopic (exact) mass is 320 g/mol. The first kappa shape index (κ1) is 14.6. The van der Waals surface area contributed by atoms with E-state index < -0.39 is 10.0 Å². The van der Waals surface area contributed by atoms with Gasteiger partial charge in [-0.15, -0.1) is 0 Å². The van der Waals surface area contributed by atoms with E-state index in [1.807, 2.05) is 37.1 Å². The summed E-state index contributed by atoms with van der Waals surface area (Å²) in [7, 11) is -1.51. The molecule has 0 fully saturated rings. The number of hydrogen-bond acceptors (Lipinski definition) is 3. The number of benzene rings is 1. The number of nitrogens with zero attached hydrogens (tertiary/aromatic N) is 1. The number of rotatable bonds is 5. The van der Waals surface area contributed by atoms with Crippen LogP contribution in [0.15, 0.2) is 22.7 Å². The molecule has 1 rings (SSSR count). The third kappa shape index (κ3) is 5.16. The van der Waals surface area contributed by atoms with Crippen molar-refractivity contribution < 1.29 is 8.42 Å². The Bertz CT molecular complexity index is 488. The first-order valence-electron chi connectivity index (χ1n) is 5.22. The topological polar surface area (TPSA) is 63.4 Å². The molecule has 6 heteroatoms. The first-order chi connectivity index (χ1) is 7.79. The largest absolute Gasteiger partial charge is 0.301 e. The second-order valence-corrected chi connectivity index (χ2v) is 6.68. The van der Waals surface area contributed by atoms with Gasteiger partial charge in [0.1, 0.15) is 0 Å². The molecular formula is C11H17BrN2O2S. The van der Waals surface area contributed by atoms with Gasteiger partial charge in [0.2, 0.25) is 10.0 Å². The van der Waals surface area contributed by atoms with Crippen LogP contribution in [0.2, 0.25) is 0 Å². The fourth-order valence-electron chi connectivity index (χ4n) is 1.48. The average molecular weight is 321 g/mol. The Kier molecular flexibility index (Phi) is 5.12. The van der Waals surface area contributed by atoms with Gasteiger partial charge < -0.3 is 4.90 Å². The number of halogens is 1. The molecular weight excluding hydrogens is 304 g/mol. The molecule has 0 atom stereocenters. The molecule has 0 saturated carbocycles. The lowest BCUT2D eigenvalue weighted by Gasteiger charge is -2.17. The van der Waals surface area contributed by atoms with Crippen LogP contribution in [0.5, 0.6) is 0 Å². The number of sulfonamides is 1. The Balaban J connectivity index is 2.62. The standard InChI is InChI=1S/C11H17BrN2O2S/c1-9-4-3-5-10(11(9)12)8-14(2)6-7-17(13,15)16/h3-5H,6-8H2,1-2H3,(H2,13,15,16). The van der Waals surface area contributed by atoms with Crippen molar-refractivity contribution in [3.8, 4) is 0 Å². The summed E-state index contributed by atoms with van der Waals surface area (Å²) in [5.74, 6) is -0.0209. The maximum atomic E-state index is 10.9. The molecule has 0 aromatic heterocycles. The highest BCUT2D eigenvalue weighted by Gasteiger charge is 2.08. The van der Waals surface area contributed by atoms with Crippen LogP contribution in [-0.2, 0) is 16.6 Å². The van der Waals surface area contributed by atoms with Crippen LogP contribution in [0.4, 0.5) is 0 Å². The van der Waals surface area contributed by atoms with E-state index in [4.69, 9.17) is 5.14 Å². The zero-order valence-corrected chi connectivity index (χ0v) is 12.4. The molecule has 0 unspecified atom stereocenters. The Morgan fingerprint density at radius 3 is 2.65 bits per heavy atom. The molecule has 0 aliphatic rings. The summed E-state index contributed by atoms with van der Waals surface area (Å²) >= 11 is 3.53. The SMILES string of the molecule is Cc1cccc(CN(C)CCS(N)(=O)=O)c1Br. The van der Waals surface area contributed by atoms with E-state index in [-0.39, 0.29) is 5.75 Å². The van der Waals surface area contributed by atoms with E-state index >= 15 is 0 Å². The van der Waals surface area contributed by atoms with Crippen molar-refractivity contribution in [1.82, 2.24) is 4.90 Å². The summed E-state index contributed by atoms with van der Waals surface area (Å²) in [6.07, 6.45) is 0. The maximum Gasteiger partial charge on any atom is 0.210 e. The Morgan fingerprint density at radius 1 is 1.41 bits per heavy atom. The van der Waals surface area contributed by atoms with Gasteiger partial charge in [0.15, 0.2) is 0 Å². The van der Waals surface area contributed by atoms with E-state index in [1.54, 1.807) is 0 Å². The van der Waals surface area contributed by atoms with Gasteiger partial charge in [0.25, 0.3) is 0 Å². The van der Waals surface area contributed by atoms with E-state index in [1.165, 1.54) is 5.56 Å². The molecule has 0 saturated heterocycles. The highest BCUT2D eigenvalue weighted by atomic mass is 79.9. The molecule has 96 valence electrons. The molecule has 0 radical (unpaired) electrons. The fourth-order valence-corrected chi connectivity index (χ4v) is 2.44. The molecule has 4 nitrogen and oxygen atoms in total. The van der Waals surface area contributed by atoms with Crippen molar-refractivity contribution >= 4 is 26.0 Å². The van der Waals surface area contributed by atoms with E-state index in [2.05, 4.69) is 15.9 Å². The normalized spacial score (nSPS) is 12.1. The number of hydrogen-bond donors (Lipinski definition) is 1. The zero-order chi connectivity index (χ0) is 13.1. The molecule has 0 aliphatic carbocycles. The summed E-state index contributed by atoms with van der Waals surface area (Å²) in [6, 6.07) is 6.03. The van der Waals surface area contributed by atoms with Gasteiger partial charge in [-0.1, -0.05) is 34.1 Å². The number of nitrogens with two attached hydrogens (primary N) is 1. The van der Waals surface area contributed by atoms with Crippen LogP contribution in [0, 0.1) is 6.92 Å². The van der Waals surface area contributed by atoms with Gasteiger partial charge in [-0.05, 0) is 25.1 Å². The lowest BCUT2D eigenvalue weighted by molar-refractivity contribution is 0.345. The molecule has 0 spiro atoms. The predicted octanol–water partition coefficient (Wildman–Crippen LogP) is 1.48. The van der Waals surface area contributed by atoms with Gasteiger partial charge in [0.05, 0.1) is 5.75 Å². The van der Waals surface area contributed by atoms with E-state index in [9.17, 15) is 8.42 Å². The molecule has 0 aliphatic heterocycles. The molecule has 0 bridgehead atoms. The quantitative estimate of drug-likeness (QED) is 0.893. The van der Waals surface area contributed by atoms with Crippen molar-refractivity contribution in [2.45, 2.75) is 13.5 Å². The summed E-state index contributed by atoms with van der Waals surface area (Å²) in [5.41, 5.74) is 2.31. The minimum Gasteiger partial charge on any atom is -0.301 e. The average Bonchev–Trinajstić information content (AvgIpc) is 2.21. The Hall–Kier alpha value is -0.430. The van der Waals surface area contributed by atoms with E-state index in [0.717, 1.165) is 10.0 Å². The van der Waals surface area contributed by atoms with Crippen molar-refractivity contribution in [2.75, 3.05) is 19.3 Å². The highest BCUT2D eigenvalue weighted by Crippen LogP contribution is 2.21. The molecule has 0 heterocycles. The molecule has 0 amide bonds. The van der Waals surface area contributed by atoms with E-state index in [0.29, 0.717) is 13.1 Å². The molecule has 17 heavy (non-hydrogen) atoms. The summed E-state index contributed by atoms with van der Waals surface area (Å²) in [5, 5.41) is 4.97. The number of aryl methyl sites for hydroxylation is 1. The lowest BCUT2D eigenvalue weighted by atomic mass is 10.1. The first-order valence-corrected chi connectivity index (χ1v) is 7.73. The van der Waals surface area contributed by atoms with Crippen LogP contribution in [-0.4, -0.2) is 32.7 Å². The third-order valence-corrected chi connectivity index (χ3v) is 4.36. The van der Waals surface area contributed by atoms with Crippen molar-refractivity contribution in [2.24, 2.45) is 5.14 Å². The summed E-state index contributed by atoms with van der Waals surface area (Å²) in [4.78, 5) is 1.93.